The Balaban J connectivity index is 1.23. The Morgan fingerprint density at radius 2 is 1.81 bits per heavy atom. The summed E-state index contributed by atoms with van der Waals surface area (Å²) in [5, 5.41) is 4.02. The van der Waals surface area contributed by atoms with Crippen molar-refractivity contribution in [2.24, 2.45) is 0 Å². The number of rotatable bonds is 4. The van der Waals surface area contributed by atoms with Gasteiger partial charge in [0.05, 0.1) is 0 Å². The second-order valence-corrected chi connectivity index (χ2v) is 7.79. The van der Waals surface area contributed by atoms with Crippen molar-refractivity contribution in [3.05, 3.63) is 54.0 Å². The lowest BCUT2D eigenvalue weighted by Crippen LogP contribution is -2.48. The first-order valence-corrected chi connectivity index (χ1v) is 10.3. The largest absolute Gasteiger partial charge is 0.422 e. The molecule has 3 aromatic heterocycles. The number of oxazole rings is 1. The molecule has 4 aromatic rings. The van der Waals surface area contributed by atoms with Crippen LogP contribution in [0.25, 0.3) is 22.6 Å². The van der Waals surface area contributed by atoms with Crippen LogP contribution in [0.4, 0.5) is 6.01 Å². The fraction of sp³-hybridized carbons (Fsp3) is 0.318. The minimum atomic E-state index is 0.00131. The summed E-state index contributed by atoms with van der Waals surface area (Å²) in [7, 11) is 0. The Kier molecular flexibility index (Phi) is 4.85. The highest BCUT2D eigenvalue weighted by atomic mass is 16.5. The van der Waals surface area contributed by atoms with Crippen LogP contribution in [0.15, 0.2) is 51.5 Å². The number of benzene rings is 1. The van der Waals surface area contributed by atoms with E-state index in [2.05, 4.69) is 20.1 Å². The zero-order chi connectivity index (χ0) is 21.4. The lowest BCUT2D eigenvalue weighted by atomic mass is 10.1. The Labute approximate surface area is 178 Å². The number of carbonyl (C=O) groups is 1. The number of carbonyl (C=O) groups excluding carboxylic acids is 1. The lowest BCUT2D eigenvalue weighted by Gasteiger charge is -2.33. The number of anilines is 1. The Hall–Kier alpha value is -3.75. The van der Waals surface area contributed by atoms with Gasteiger partial charge in [0, 0.05) is 49.4 Å². The van der Waals surface area contributed by atoms with E-state index in [0.29, 0.717) is 60.7 Å². The highest BCUT2D eigenvalue weighted by Gasteiger charge is 2.25. The molecule has 31 heavy (non-hydrogen) atoms. The van der Waals surface area contributed by atoms with Crippen molar-refractivity contribution < 1.29 is 13.7 Å². The third-order valence-corrected chi connectivity index (χ3v) is 5.32. The quantitative estimate of drug-likeness (QED) is 0.497. The minimum Gasteiger partial charge on any atom is -0.422 e. The van der Waals surface area contributed by atoms with Gasteiger partial charge in [0.25, 0.3) is 11.9 Å². The molecule has 1 aliphatic rings. The van der Waals surface area contributed by atoms with E-state index in [1.54, 1.807) is 6.20 Å². The number of pyridine rings is 1. The summed E-state index contributed by atoms with van der Waals surface area (Å²) in [5.74, 6) is 1.31. The molecule has 158 valence electrons. The van der Waals surface area contributed by atoms with Gasteiger partial charge in [-0.25, -0.2) is 4.98 Å². The summed E-state index contributed by atoms with van der Waals surface area (Å²) in [4.78, 5) is 29.9. The van der Waals surface area contributed by atoms with Gasteiger partial charge in [0.15, 0.2) is 5.58 Å². The minimum absolute atomic E-state index is 0.00131. The molecule has 1 amide bonds. The summed E-state index contributed by atoms with van der Waals surface area (Å²) < 4.78 is 11.1. The second-order valence-electron chi connectivity index (χ2n) is 7.79. The van der Waals surface area contributed by atoms with Crippen LogP contribution >= 0.6 is 0 Å². The zero-order valence-corrected chi connectivity index (χ0v) is 17.4. The van der Waals surface area contributed by atoms with E-state index >= 15 is 0 Å². The monoisotopic (exact) mass is 418 g/mol. The number of piperazine rings is 1. The van der Waals surface area contributed by atoms with Gasteiger partial charge in [-0.1, -0.05) is 31.1 Å². The van der Waals surface area contributed by atoms with Gasteiger partial charge in [-0.15, -0.1) is 0 Å². The maximum Gasteiger partial charge on any atom is 0.300 e. The standard InChI is InChI=1S/C22H22N6O3/c1-14(2)20-24-18(26-31-20)15-5-7-16(8-6-15)21(29)27-10-12-28(13-11-27)22-25-19-17(30-22)4-3-9-23-19/h3-9,14H,10-13H2,1-2H3. The molecule has 1 aromatic carbocycles. The van der Waals surface area contributed by atoms with Crippen molar-refractivity contribution in [1.29, 1.82) is 0 Å². The van der Waals surface area contributed by atoms with Crippen LogP contribution in [0.5, 0.6) is 0 Å². The highest BCUT2D eigenvalue weighted by Crippen LogP contribution is 2.23. The fourth-order valence-electron chi connectivity index (χ4n) is 3.53. The molecule has 1 fully saturated rings. The Morgan fingerprint density at radius 1 is 1.03 bits per heavy atom. The topological polar surface area (TPSA) is 101 Å². The molecule has 0 saturated carbocycles. The zero-order valence-electron chi connectivity index (χ0n) is 17.4. The van der Waals surface area contributed by atoms with E-state index in [0.717, 1.165) is 5.56 Å². The van der Waals surface area contributed by atoms with E-state index in [9.17, 15) is 4.79 Å². The maximum absolute atomic E-state index is 12.9. The van der Waals surface area contributed by atoms with Gasteiger partial charge in [-0.05, 0) is 24.3 Å². The SMILES string of the molecule is CC(C)c1nc(-c2ccc(C(=O)N3CCN(c4nc5ncccc5o4)CC3)cc2)no1. The van der Waals surface area contributed by atoms with Gasteiger partial charge in [0.2, 0.25) is 17.4 Å². The molecular weight excluding hydrogens is 396 g/mol. The van der Waals surface area contributed by atoms with Gasteiger partial charge in [-0.3, -0.25) is 4.79 Å². The molecule has 0 radical (unpaired) electrons. The van der Waals surface area contributed by atoms with E-state index in [4.69, 9.17) is 8.94 Å². The molecule has 5 rings (SSSR count). The van der Waals surface area contributed by atoms with Crippen LogP contribution < -0.4 is 4.90 Å². The number of nitrogens with zero attached hydrogens (tertiary/aromatic N) is 6. The van der Waals surface area contributed by atoms with Gasteiger partial charge < -0.3 is 18.7 Å². The van der Waals surface area contributed by atoms with E-state index < -0.39 is 0 Å². The first-order chi connectivity index (χ1) is 15.1. The van der Waals surface area contributed by atoms with E-state index in [-0.39, 0.29) is 11.8 Å². The Morgan fingerprint density at radius 3 is 2.48 bits per heavy atom. The smallest absolute Gasteiger partial charge is 0.300 e. The third kappa shape index (κ3) is 3.74. The molecule has 0 bridgehead atoms. The number of fused-ring (bicyclic) bond motifs is 1. The van der Waals surface area contributed by atoms with Crippen molar-refractivity contribution in [3.8, 4) is 11.4 Å². The van der Waals surface area contributed by atoms with E-state index in [1.165, 1.54) is 0 Å². The predicted octanol–water partition coefficient (Wildman–Crippen LogP) is 3.36. The average Bonchev–Trinajstić information content (AvgIpc) is 3.46. The third-order valence-electron chi connectivity index (χ3n) is 5.32. The summed E-state index contributed by atoms with van der Waals surface area (Å²) in [6, 6.07) is 11.5. The average molecular weight is 418 g/mol. The van der Waals surface area contributed by atoms with Crippen LogP contribution in [0.1, 0.15) is 36.0 Å². The summed E-state index contributed by atoms with van der Waals surface area (Å²) in [5.41, 5.74) is 2.72. The first kappa shape index (κ1) is 19.2. The fourth-order valence-corrected chi connectivity index (χ4v) is 3.53. The first-order valence-electron chi connectivity index (χ1n) is 10.3. The number of hydrogen-bond donors (Lipinski definition) is 0. The van der Waals surface area contributed by atoms with Crippen molar-refractivity contribution in [3.63, 3.8) is 0 Å². The molecule has 9 heteroatoms. The number of hydrogen-bond acceptors (Lipinski definition) is 8. The molecule has 0 aliphatic carbocycles. The van der Waals surface area contributed by atoms with Crippen LogP contribution in [0.3, 0.4) is 0 Å². The van der Waals surface area contributed by atoms with Gasteiger partial charge in [0.1, 0.15) is 0 Å². The van der Waals surface area contributed by atoms with Gasteiger partial charge >= 0.3 is 0 Å². The van der Waals surface area contributed by atoms with Crippen molar-refractivity contribution >= 4 is 23.2 Å². The van der Waals surface area contributed by atoms with Crippen molar-refractivity contribution in [2.75, 3.05) is 31.1 Å². The molecule has 0 atom stereocenters. The maximum atomic E-state index is 12.9. The molecule has 1 aliphatic heterocycles. The second kappa shape index (κ2) is 7.82. The predicted molar refractivity (Wildman–Crippen MR) is 114 cm³/mol. The molecule has 1 saturated heterocycles. The molecule has 9 nitrogen and oxygen atoms in total. The van der Waals surface area contributed by atoms with Crippen LogP contribution in [-0.2, 0) is 0 Å². The number of aromatic nitrogens is 4. The summed E-state index contributed by atoms with van der Waals surface area (Å²) >= 11 is 0. The van der Waals surface area contributed by atoms with Crippen molar-refractivity contribution in [2.45, 2.75) is 19.8 Å². The van der Waals surface area contributed by atoms with Crippen LogP contribution in [-0.4, -0.2) is 57.1 Å². The van der Waals surface area contributed by atoms with Crippen LogP contribution in [0.2, 0.25) is 0 Å². The lowest BCUT2D eigenvalue weighted by molar-refractivity contribution is 0.0745. The molecule has 0 spiro atoms. The summed E-state index contributed by atoms with van der Waals surface area (Å²) in [6.45, 7) is 6.49. The number of amides is 1. The molecule has 0 unspecified atom stereocenters. The summed E-state index contributed by atoms with van der Waals surface area (Å²) in [6.07, 6.45) is 1.69. The molecule has 4 heterocycles. The molecular formula is C22H22N6O3. The van der Waals surface area contributed by atoms with E-state index in [1.807, 2.05) is 60.0 Å². The van der Waals surface area contributed by atoms with Crippen LogP contribution in [0, 0.1) is 0 Å². The van der Waals surface area contributed by atoms with Gasteiger partial charge in [-0.2, -0.15) is 9.97 Å². The van der Waals surface area contributed by atoms with Crippen molar-refractivity contribution in [1.82, 2.24) is 25.0 Å². The normalized spacial score (nSPS) is 14.5. The Bertz CT molecular complexity index is 1170. The highest BCUT2D eigenvalue weighted by molar-refractivity contribution is 5.94. The molecule has 0 N–H and O–H groups in total.